The number of ether oxygens (including phenoxy) is 1. The lowest BCUT2D eigenvalue weighted by Gasteiger charge is -2.53. The third-order valence-corrected chi connectivity index (χ3v) is 4.60. The zero-order valence-corrected chi connectivity index (χ0v) is 9.32. The van der Waals surface area contributed by atoms with Gasteiger partial charge in [0.15, 0.2) is 0 Å². The molecule has 0 aromatic rings. The Hall–Kier alpha value is -0.860. The number of carbonyl (C=O) groups excluding carboxylic acids is 1. The van der Waals surface area contributed by atoms with Crippen LogP contribution in [0.15, 0.2) is 12.4 Å². The molecule has 0 spiro atoms. The number of halogens is 1. The van der Waals surface area contributed by atoms with Gasteiger partial charge in [0.1, 0.15) is 6.10 Å². The van der Waals surface area contributed by atoms with Gasteiger partial charge in [-0.25, -0.2) is 4.79 Å². The van der Waals surface area contributed by atoms with Gasteiger partial charge < -0.3 is 4.74 Å². The summed E-state index contributed by atoms with van der Waals surface area (Å²) in [5.41, 5.74) is 0. The second-order valence-electron chi connectivity index (χ2n) is 5.71. The first-order valence-electron chi connectivity index (χ1n) is 6.19. The van der Waals surface area contributed by atoms with E-state index < -0.39 is 11.8 Å². The van der Waals surface area contributed by atoms with Gasteiger partial charge in [0.25, 0.3) is 0 Å². The van der Waals surface area contributed by atoms with Crippen molar-refractivity contribution < 1.29 is 13.9 Å². The second-order valence-corrected chi connectivity index (χ2v) is 5.71. The van der Waals surface area contributed by atoms with E-state index in [2.05, 4.69) is 6.58 Å². The molecule has 0 aliphatic heterocycles. The van der Waals surface area contributed by atoms with E-state index in [0.29, 0.717) is 11.8 Å². The summed E-state index contributed by atoms with van der Waals surface area (Å²) in [6.07, 6.45) is 6.01. The molecule has 0 aromatic carbocycles. The van der Waals surface area contributed by atoms with Crippen LogP contribution >= 0.6 is 0 Å². The monoisotopic (exact) mass is 224 g/mol. The summed E-state index contributed by atoms with van der Waals surface area (Å²) in [4.78, 5) is 11.2. The molecule has 88 valence electrons. The minimum Gasteiger partial charge on any atom is -0.457 e. The maximum Gasteiger partial charge on any atom is 0.366 e. The molecule has 0 heterocycles. The Morgan fingerprint density at radius 1 is 1.06 bits per heavy atom. The molecule has 0 unspecified atom stereocenters. The average Bonchev–Trinajstić information content (AvgIpc) is 2.21. The lowest BCUT2D eigenvalue weighted by Crippen LogP contribution is -2.50. The Morgan fingerprint density at radius 2 is 1.56 bits per heavy atom. The molecule has 4 fully saturated rings. The summed E-state index contributed by atoms with van der Waals surface area (Å²) in [7, 11) is 0. The lowest BCUT2D eigenvalue weighted by atomic mass is 9.55. The molecule has 0 radical (unpaired) electrons. The summed E-state index contributed by atoms with van der Waals surface area (Å²) in [6, 6.07) is 0. The van der Waals surface area contributed by atoms with Crippen LogP contribution in [0.3, 0.4) is 0 Å². The summed E-state index contributed by atoms with van der Waals surface area (Å²) in [5, 5.41) is 0. The minimum atomic E-state index is -0.964. The van der Waals surface area contributed by atoms with Crippen molar-refractivity contribution in [1.29, 1.82) is 0 Å². The van der Waals surface area contributed by atoms with Gasteiger partial charge in [-0.15, -0.1) is 0 Å². The predicted octanol–water partition coefficient (Wildman–Crippen LogP) is 2.84. The van der Waals surface area contributed by atoms with Crippen LogP contribution in [0.4, 0.5) is 4.39 Å². The van der Waals surface area contributed by atoms with Gasteiger partial charge in [-0.3, -0.25) is 0 Å². The Balaban J connectivity index is 1.72. The Labute approximate surface area is 94.9 Å². The van der Waals surface area contributed by atoms with Crippen LogP contribution in [0.5, 0.6) is 0 Å². The van der Waals surface area contributed by atoms with Crippen molar-refractivity contribution in [3.8, 4) is 0 Å². The summed E-state index contributed by atoms with van der Waals surface area (Å²) in [6.45, 7) is 3.00. The van der Waals surface area contributed by atoms with E-state index in [-0.39, 0.29) is 6.10 Å². The SMILES string of the molecule is C=C(F)C(=O)OC1C2CC3CC(C2)CC1C3. The number of rotatable bonds is 2. The maximum atomic E-state index is 12.6. The van der Waals surface area contributed by atoms with Crippen molar-refractivity contribution in [3.05, 3.63) is 12.4 Å². The number of hydrogen-bond donors (Lipinski definition) is 0. The molecule has 4 aliphatic carbocycles. The fourth-order valence-electron chi connectivity index (χ4n) is 4.26. The number of hydrogen-bond acceptors (Lipinski definition) is 2. The minimum absolute atomic E-state index is 0.0344. The van der Waals surface area contributed by atoms with Gasteiger partial charge in [-0.1, -0.05) is 6.58 Å². The highest BCUT2D eigenvalue weighted by Gasteiger charge is 2.49. The predicted molar refractivity (Wildman–Crippen MR) is 57.2 cm³/mol. The van der Waals surface area contributed by atoms with Gasteiger partial charge >= 0.3 is 5.97 Å². The molecule has 4 saturated carbocycles. The van der Waals surface area contributed by atoms with Gasteiger partial charge in [-0.2, -0.15) is 4.39 Å². The van der Waals surface area contributed by atoms with E-state index >= 15 is 0 Å². The Morgan fingerprint density at radius 3 is 2.00 bits per heavy atom. The first-order chi connectivity index (χ1) is 7.63. The van der Waals surface area contributed by atoms with Gasteiger partial charge in [0, 0.05) is 0 Å². The average molecular weight is 224 g/mol. The molecule has 0 atom stereocenters. The molecular formula is C13H17FO2. The molecule has 16 heavy (non-hydrogen) atoms. The van der Waals surface area contributed by atoms with Crippen molar-refractivity contribution in [2.75, 3.05) is 0 Å². The van der Waals surface area contributed by atoms with Crippen LogP contribution in [0.25, 0.3) is 0 Å². The van der Waals surface area contributed by atoms with Crippen LogP contribution in [-0.4, -0.2) is 12.1 Å². The smallest absolute Gasteiger partial charge is 0.366 e. The highest BCUT2D eigenvalue weighted by atomic mass is 19.1. The van der Waals surface area contributed by atoms with Crippen molar-refractivity contribution in [3.63, 3.8) is 0 Å². The fraction of sp³-hybridized carbons (Fsp3) is 0.769. The first-order valence-corrected chi connectivity index (χ1v) is 6.19. The van der Waals surface area contributed by atoms with Crippen LogP contribution in [0.2, 0.25) is 0 Å². The van der Waals surface area contributed by atoms with E-state index in [1.165, 1.54) is 32.1 Å². The molecule has 4 rings (SSSR count). The third kappa shape index (κ3) is 1.57. The second kappa shape index (κ2) is 3.57. The lowest BCUT2D eigenvalue weighted by molar-refractivity contribution is -0.167. The molecule has 0 saturated heterocycles. The largest absolute Gasteiger partial charge is 0.457 e. The van der Waals surface area contributed by atoms with Crippen LogP contribution < -0.4 is 0 Å². The van der Waals surface area contributed by atoms with E-state index in [4.69, 9.17) is 4.74 Å². The van der Waals surface area contributed by atoms with E-state index in [0.717, 1.165) is 11.8 Å². The molecule has 0 N–H and O–H groups in total. The topological polar surface area (TPSA) is 26.3 Å². The Bertz CT molecular complexity index is 309. The molecule has 0 amide bonds. The van der Waals surface area contributed by atoms with Gasteiger partial charge in [0.2, 0.25) is 5.83 Å². The summed E-state index contributed by atoms with van der Waals surface area (Å²) in [5.74, 6) is 0.836. The quantitative estimate of drug-likeness (QED) is 0.532. The Kier molecular flexibility index (Phi) is 2.30. The van der Waals surface area contributed by atoms with Gasteiger partial charge in [0.05, 0.1) is 0 Å². The van der Waals surface area contributed by atoms with Crippen LogP contribution in [0.1, 0.15) is 32.1 Å². The van der Waals surface area contributed by atoms with Crippen molar-refractivity contribution in [2.24, 2.45) is 23.7 Å². The molecule has 2 nitrogen and oxygen atoms in total. The standard InChI is InChI=1S/C13H17FO2/c1-7(14)13(15)16-12-10-3-8-2-9(5-10)6-11(12)4-8/h8-12H,1-6H2. The van der Waals surface area contributed by atoms with E-state index in [1.54, 1.807) is 0 Å². The van der Waals surface area contributed by atoms with Crippen molar-refractivity contribution in [1.82, 2.24) is 0 Å². The molecule has 4 aliphatic rings. The normalized spacial score (nSPS) is 44.4. The maximum absolute atomic E-state index is 12.6. The first kappa shape index (κ1) is 10.3. The zero-order valence-electron chi connectivity index (χ0n) is 9.32. The van der Waals surface area contributed by atoms with E-state index in [9.17, 15) is 9.18 Å². The third-order valence-electron chi connectivity index (χ3n) is 4.60. The van der Waals surface area contributed by atoms with Gasteiger partial charge in [-0.05, 0) is 55.8 Å². The van der Waals surface area contributed by atoms with Crippen LogP contribution in [-0.2, 0) is 9.53 Å². The summed E-state index contributed by atoms with van der Waals surface area (Å²) >= 11 is 0. The highest BCUT2D eigenvalue weighted by molar-refractivity contribution is 5.85. The molecular weight excluding hydrogens is 207 g/mol. The number of carbonyl (C=O) groups is 1. The molecule has 4 bridgehead atoms. The number of esters is 1. The van der Waals surface area contributed by atoms with Crippen LogP contribution in [0, 0.1) is 23.7 Å². The van der Waals surface area contributed by atoms with Crippen molar-refractivity contribution in [2.45, 2.75) is 38.2 Å². The van der Waals surface area contributed by atoms with Crippen molar-refractivity contribution >= 4 is 5.97 Å². The fourth-order valence-corrected chi connectivity index (χ4v) is 4.26. The molecule has 0 aromatic heterocycles. The highest BCUT2D eigenvalue weighted by Crippen LogP contribution is 2.54. The molecule has 3 heteroatoms. The zero-order chi connectivity index (χ0) is 11.3. The van der Waals surface area contributed by atoms with E-state index in [1.807, 2.05) is 0 Å². The summed E-state index contributed by atoms with van der Waals surface area (Å²) < 4.78 is 17.9.